The molecular formula is C16H21F3N4. The predicted molar refractivity (Wildman–Crippen MR) is 86.7 cm³/mol. The molecule has 1 aliphatic heterocycles. The van der Waals surface area contributed by atoms with Crippen LogP contribution in [0.4, 0.5) is 18.9 Å². The first-order valence-corrected chi connectivity index (χ1v) is 7.48. The number of hydrogen-bond acceptors (Lipinski definition) is 2. The lowest BCUT2D eigenvalue weighted by Gasteiger charge is -2.18. The molecular weight excluding hydrogens is 305 g/mol. The molecule has 0 bridgehead atoms. The predicted octanol–water partition coefficient (Wildman–Crippen LogP) is 2.68. The van der Waals surface area contributed by atoms with E-state index in [0.29, 0.717) is 12.5 Å². The quantitative estimate of drug-likeness (QED) is 0.496. The van der Waals surface area contributed by atoms with Gasteiger partial charge in [-0.1, -0.05) is 24.3 Å². The van der Waals surface area contributed by atoms with Gasteiger partial charge in [-0.3, -0.25) is 4.99 Å². The first-order chi connectivity index (χ1) is 11.0. The van der Waals surface area contributed by atoms with Crippen molar-refractivity contribution in [3.63, 3.8) is 0 Å². The van der Waals surface area contributed by atoms with E-state index in [-0.39, 0.29) is 6.54 Å². The lowest BCUT2D eigenvalue weighted by molar-refractivity contribution is -0.132. The number of nitrogens with one attached hydrogen (secondary N) is 2. The van der Waals surface area contributed by atoms with Crippen LogP contribution in [0.25, 0.3) is 0 Å². The number of nitrogens with zero attached hydrogens (tertiary/aromatic N) is 2. The highest BCUT2D eigenvalue weighted by molar-refractivity contribution is 5.79. The van der Waals surface area contributed by atoms with Crippen molar-refractivity contribution < 1.29 is 13.2 Å². The molecule has 1 heterocycles. The van der Waals surface area contributed by atoms with Gasteiger partial charge in [0, 0.05) is 38.9 Å². The monoisotopic (exact) mass is 326 g/mol. The van der Waals surface area contributed by atoms with Crippen LogP contribution in [-0.4, -0.2) is 38.8 Å². The molecule has 0 fully saturated rings. The Balaban J connectivity index is 1.77. The summed E-state index contributed by atoms with van der Waals surface area (Å²) in [7, 11) is 1.53. The van der Waals surface area contributed by atoms with E-state index in [0.717, 1.165) is 24.3 Å². The van der Waals surface area contributed by atoms with Crippen molar-refractivity contribution in [3.05, 3.63) is 42.0 Å². The van der Waals surface area contributed by atoms with E-state index in [1.54, 1.807) is 0 Å². The van der Waals surface area contributed by atoms with Crippen molar-refractivity contribution in [1.82, 2.24) is 10.6 Å². The van der Waals surface area contributed by atoms with Crippen LogP contribution in [0.5, 0.6) is 0 Å². The number of rotatable bonds is 5. The molecule has 2 N–H and O–H groups in total. The topological polar surface area (TPSA) is 39.7 Å². The fraction of sp³-hybridized carbons (Fsp3) is 0.438. The third-order valence-corrected chi connectivity index (χ3v) is 3.50. The second-order valence-electron chi connectivity index (χ2n) is 5.26. The average Bonchev–Trinajstić information content (AvgIpc) is 3.04. The molecule has 1 aromatic rings. The highest BCUT2D eigenvalue weighted by atomic mass is 19.4. The molecule has 0 spiro atoms. The van der Waals surface area contributed by atoms with E-state index in [4.69, 9.17) is 0 Å². The Morgan fingerprint density at radius 3 is 2.35 bits per heavy atom. The first-order valence-electron chi connectivity index (χ1n) is 7.48. The van der Waals surface area contributed by atoms with Gasteiger partial charge in [-0.05, 0) is 17.7 Å². The Labute approximate surface area is 134 Å². The number of aliphatic imine (C=N–C) groups is 1. The summed E-state index contributed by atoms with van der Waals surface area (Å²) < 4.78 is 36.4. The largest absolute Gasteiger partial charge is 0.390 e. The summed E-state index contributed by atoms with van der Waals surface area (Å²) in [5, 5.41) is 5.66. The number of alkyl halides is 3. The summed E-state index contributed by atoms with van der Waals surface area (Å²) in [6.45, 7) is 2.16. The molecule has 1 aromatic carbocycles. The van der Waals surface area contributed by atoms with E-state index >= 15 is 0 Å². The molecule has 0 radical (unpaired) electrons. The molecule has 126 valence electrons. The number of hydrogen-bond donors (Lipinski definition) is 2. The third kappa shape index (κ3) is 5.84. The Hall–Kier alpha value is -2.18. The van der Waals surface area contributed by atoms with E-state index in [1.165, 1.54) is 7.05 Å². The van der Waals surface area contributed by atoms with Crippen molar-refractivity contribution in [2.24, 2.45) is 4.99 Å². The number of halogens is 3. The fourth-order valence-corrected chi connectivity index (χ4v) is 2.24. The minimum absolute atomic E-state index is 0.190. The highest BCUT2D eigenvalue weighted by Gasteiger charge is 2.26. The Bertz CT molecular complexity index is 541. The van der Waals surface area contributed by atoms with Crippen LogP contribution in [-0.2, 0) is 6.54 Å². The number of guanidine groups is 1. The van der Waals surface area contributed by atoms with Gasteiger partial charge in [0.1, 0.15) is 0 Å². The lowest BCUT2D eigenvalue weighted by Crippen LogP contribution is -2.38. The van der Waals surface area contributed by atoms with Gasteiger partial charge in [0.25, 0.3) is 0 Å². The minimum Gasteiger partial charge on any atom is -0.364 e. The Kier molecular flexibility index (Phi) is 5.90. The van der Waals surface area contributed by atoms with Crippen LogP contribution in [0.15, 0.2) is 41.4 Å². The summed E-state index contributed by atoms with van der Waals surface area (Å²) in [6.07, 6.45) is -0.781. The molecule has 7 heteroatoms. The van der Waals surface area contributed by atoms with Crippen LogP contribution >= 0.6 is 0 Å². The minimum atomic E-state index is -4.16. The second-order valence-corrected chi connectivity index (χ2v) is 5.26. The van der Waals surface area contributed by atoms with Gasteiger partial charge in [-0.15, -0.1) is 0 Å². The molecule has 0 unspecified atom stereocenters. The summed E-state index contributed by atoms with van der Waals surface area (Å²) >= 11 is 0. The second kappa shape index (κ2) is 7.89. The summed E-state index contributed by atoms with van der Waals surface area (Å²) in [6, 6.07) is 8.10. The summed E-state index contributed by atoms with van der Waals surface area (Å²) in [5.41, 5.74) is 2.20. The van der Waals surface area contributed by atoms with E-state index in [9.17, 15) is 13.2 Å². The van der Waals surface area contributed by atoms with Crippen molar-refractivity contribution in [2.75, 3.05) is 31.6 Å². The van der Waals surface area contributed by atoms with Crippen molar-refractivity contribution in [3.8, 4) is 0 Å². The normalized spacial score (nSPS) is 15.1. The molecule has 1 aliphatic rings. The van der Waals surface area contributed by atoms with Crippen LogP contribution in [0.2, 0.25) is 0 Å². The van der Waals surface area contributed by atoms with Crippen molar-refractivity contribution in [1.29, 1.82) is 0 Å². The van der Waals surface area contributed by atoms with Crippen LogP contribution in [0.1, 0.15) is 12.0 Å². The Morgan fingerprint density at radius 1 is 1.13 bits per heavy atom. The molecule has 0 saturated heterocycles. The van der Waals surface area contributed by atoms with E-state index < -0.39 is 12.6 Å². The van der Waals surface area contributed by atoms with Crippen molar-refractivity contribution >= 4 is 11.6 Å². The number of benzene rings is 1. The van der Waals surface area contributed by atoms with Gasteiger partial charge in [0.05, 0.1) is 6.42 Å². The molecule has 23 heavy (non-hydrogen) atoms. The van der Waals surface area contributed by atoms with Gasteiger partial charge in [0.2, 0.25) is 0 Å². The SMILES string of the molecule is CN=C(NCCC(F)(F)F)NCc1ccc(N2CC=CC2)cc1. The van der Waals surface area contributed by atoms with E-state index in [1.807, 2.05) is 24.3 Å². The highest BCUT2D eigenvalue weighted by Crippen LogP contribution is 2.18. The van der Waals surface area contributed by atoms with Crippen LogP contribution in [0.3, 0.4) is 0 Å². The van der Waals surface area contributed by atoms with Gasteiger partial charge in [-0.2, -0.15) is 13.2 Å². The van der Waals surface area contributed by atoms with Gasteiger partial charge < -0.3 is 15.5 Å². The molecule has 0 aliphatic carbocycles. The number of anilines is 1. The average molecular weight is 326 g/mol. The maximum absolute atomic E-state index is 12.1. The Morgan fingerprint density at radius 2 is 1.78 bits per heavy atom. The molecule has 0 amide bonds. The molecule has 0 saturated carbocycles. The van der Waals surface area contributed by atoms with Crippen LogP contribution < -0.4 is 15.5 Å². The zero-order valence-electron chi connectivity index (χ0n) is 13.0. The zero-order valence-corrected chi connectivity index (χ0v) is 13.0. The molecule has 2 rings (SSSR count). The molecule has 0 aromatic heterocycles. The first kappa shape index (κ1) is 17.2. The fourth-order valence-electron chi connectivity index (χ4n) is 2.24. The maximum atomic E-state index is 12.1. The third-order valence-electron chi connectivity index (χ3n) is 3.50. The van der Waals surface area contributed by atoms with Gasteiger partial charge in [-0.25, -0.2) is 0 Å². The molecule has 0 atom stereocenters. The van der Waals surface area contributed by atoms with Gasteiger partial charge >= 0.3 is 6.18 Å². The summed E-state index contributed by atoms with van der Waals surface area (Å²) in [4.78, 5) is 6.16. The van der Waals surface area contributed by atoms with Crippen LogP contribution in [0, 0.1) is 0 Å². The van der Waals surface area contributed by atoms with Gasteiger partial charge in [0.15, 0.2) is 5.96 Å². The zero-order chi connectivity index (χ0) is 16.7. The lowest BCUT2D eigenvalue weighted by atomic mass is 10.2. The molecule has 4 nitrogen and oxygen atoms in total. The smallest absolute Gasteiger partial charge is 0.364 e. The van der Waals surface area contributed by atoms with Crippen molar-refractivity contribution in [2.45, 2.75) is 19.1 Å². The summed E-state index contributed by atoms with van der Waals surface area (Å²) in [5.74, 6) is 0.363. The standard InChI is InChI=1S/C16H21F3N4/c1-20-15(21-9-8-16(17,18)19)22-12-13-4-6-14(7-5-13)23-10-2-3-11-23/h2-7H,8-12H2,1H3,(H2,20,21,22). The maximum Gasteiger partial charge on any atom is 0.390 e. The van der Waals surface area contributed by atoms with E-state index in [2.05, 4.69) is 32.7 Å².